The van der Waals surface area contributed by atoms with Crippen LogP contribution in [0, 0.1) is 0 Å². The van der Waals surface area contributed by atoms with E-state index < -0.39 is 0 Å². The van der Waals surface area contributed by atoms with E-state index in [2.05, 4.69) is 77.4 Å². The Bertz CT molecular complexity index is 3570. The number of fused-ring (bicyclic) bond motifs is 6. The zero-order valence-electron chi connectivity index (χ0n) is 33.1. The van der Waals surface area contributed by atoms with Crippen molar-refractivity contribution < 1.29 is 4.42 Å². The van der Waals surface area contributed by atoms with Crippen LogP contribution in [0.15, 0.2) is 205 Å². The van der Waals surface area contributed by atoms with Gasteiger partial charge in [-0.2, -0.15) is 9.97 Å². The molecule has 0 fully saturated rings. The number of para-hydroxylation sites is 1. The van der Waals surface area contributed by atoms with Crippen LogP contribution in [0.25, 0.3) is 118 Å². The van der Waals surface area contributed by atoms with Crippen LogP contribution >= 0.6 is 0 Å². The van der Waals surface area contributed by atoms with Gasteiger partial charge in [0.2, 0.25) is 5.95 Å². The number of hydrogen-bond acceptors (Lipinski definition) is 7. The summed E-state index contributed by atoms with van der Waals surface area (Å²) in [6.07, 6.45) is 0. The Labute approximate surface area is 355 Å². The van der Waals surface area contributed by atoms with Gasteiger partial charge in [0.1, 0.15) is 11.2 Å². The standard InChI is InChI=1S/C54H33N7O/c1-5-17-34(18-6-1)39-26-15-29-44-47(39)40-25-13-14-28-43(40)61(44)54-59-51(37-23-11-4-12-24-37)56-52(60-54)38-31-32-45-42(33-38)48-41(27-16-30-46(48)62-45)53-57-49(35-19-7-2-8-20-35)55-50(58-53)36-21-9-3-10-22-36/h1-33H. The molecule has 290 valence electrons. The minimum atomic E-state index is 0.523. The van der Waals surface area contributed by atoms with Crippen LogP contribution in [0.3, 0.4) is 0 Å². The van der Waals surface area contributed by atoms with Crippen molar-refractivity contribution in [1.82, 2.24) is 34.5 Å². The lowest BCUT2D eigenvalue weighted by atomic mass is 9.99. The van der Waals surface area contributed by atoms with Crippen molar-refractivity contribution in [3.05, 3.63) is 200 Å². The van der Waals surface area contributed by atoms with Crippen LogP contribution in [0.1, 0.15) is 0 Å². The van der Waals surface area contributed by atoms with Crippen LogP contribution in [0.2, 0.25) is 0 Å². The Balaban J connectivity index is 1.08. The Morgan fingerprint density at radius 2 is 0.806 bits per heavy atom. The predicted octanol–water partition coefficient (Wildman–Crippen LogP) is 13.1. The molecule has 0 aliphatic rings. The Hall–Kier alpha value is -8.62. The van der Waals surface area contributed by atoms with Crippen LogP contribution in [-0.4, -0.2) is 34.5 Å². The number of furan rings is 1. The Morgan fingerprint density at radius 3 is 1.45 bits per heavy atom. The SMILES string of the molecule is c1ccc(-c2nc(-c3ccccc3)nc(-c3cccc4oc5ccc(-c6nc(-c7ccccc7)nc(-n7c8ccccc8c8c(-c9ccccc9)cccc87)n6)cc5c34)n2)cc1. The minimum Gasteiger partial charge on any atom is -0.456 e. The van der Waals surface area contributed by atoms with Gasteiger partial charge >= 0.3 is 0 Å². The largest absolute Gasteiger partial charge is 0.456 e. The van der Waals surface area contributed by atoms with E-state index in [1.54, 1.807) is 0 Å². The molecule has 62 heavy (non-hydrogen) atoms. The lowest BCUT2D eigenvalue weighted by Gasteiger charge is -2.11. The lowest BCUT2D eigenvalue weighted by molar-refractivity contribution is 0.669. The quantitative estimate of drug-likeness (QED) is 0.158. The molecule has 0 aliphatic carbocycles. The van der Waals surface area contributed by atoms with E-state index >= 15 is 0 Å². The molecule has 4 aromatic heterocycles. The number of benzene rings is 8. The van der Waals surface area contributed by atoms with Gasteiger partial charge in [-0.25, -0.2) is 19.9 Å². The van der Waals surface area contributed by atoms with Gasteiger partial charge in [-0.1, -0.05) is 164 Å². The normalized spacial score (nSPS) is 11.5. The second kappa shape index (κ2) is 14.6. The third-order valence-corrected chi connectivity index (χ3v) is 11.3. The summed E-state index contributed by atoms with van der Waals surface area (Å²) >= 11 is 0. The summed E-state index contributed by atoms with van der Waals surface area (Å²) in [5.41, 5.74) is 10.1. The first kappa shape index (κ1) is 35.3. The number of nitrogens with zero attached hydrogens (tertiary/aromatic N) is 7. The van der Waals surface area contributed by atoms with Gasteiger partial charge in [-0.15, -0.1) is 0 Å². The zero-order valence-corrected chi connectivity index (χ0v) is 33.1. The van der Waals surface area contributed by atoms with Crippen molar-refractivity contribution >= 4 is 43.7 Å². The molecule has 0 radical (unpaired) electrons. The summed E-state index contributed by atoms with van der Waals surface area (Å²) in [6.45, 7) is 0. The van der Waals surface area contributed by atoms with Gasteiger partial charge < -0.3 is 4.42 Å². The van der Waals surface area contributed by atoms with E-state index in [1.165, 1.54) is 0 Å². The molecule has 0 saturated heterocycles. The van der Waals surface area contributed by atoms with E-state index in [0.29, 0.717) is 35.1 Å². The van der Waals surface area contributed by atoms with Crippen molar-refractivity contribution in [2.75, 3.05) is 0 Å². The molecule has 0 aliphatic heterocycles. The molecule has 0 unspecified atom stereocenters. The van der Waals surface area contributed by atoms with Gasteiger partial charge in [0.15, 0.2) is 29.1 Å². The topological polar surface area (TPSA) is 95.4 Å². The number of hydrogen-bond donors (Lipinski definition) is 0. The van der Waals surface area contributed by atoms with E-state index in [0.717, 1.165) is 82.7 Å². The molecule has 0 bridgehead atoms. The van der Waals surface area contributed by atoms with Crippen LogP contribution < -0.4 is 0 Å². The third-order valence-electron chi connectivity index (χ3n) is 11.3. The highest BCUT2D eigenvalue weighted by Crippen LogP contribution is 2.40. The first-order chi connectivity index (χ1) is 30.7. The maximum atomic E-state index is 6.53. The Morgan fingerprint density at radius 1 is 0.306 bits per heavy atom. The summed E-state index contributed by atoms with van der Waals surface area (Å²) in [5.74, 6) is 3.35. The van der Waals surface area contributed by atoms with Crippen molar-refractivity contribution in [1.29, 1.82) is 0 Å². The molecule has 0 atom stereocenters. The summed E-state index contributed by atoms with van der Waals surface area (Å²) in [5, 5.41) is 4.04. The number of rotatable bonds is 7. The number of aromatic nitrogens is 7. The molecule has 8 aromatic carbocycles. The smallest absolute Gasteiger partial charge is 0.238 e. The maximum Gasteiger partial charge on any atom is 0.238 e. The van der Waals surface area contributed by atoms with Crippen molar-refractivity contribution in [3.63, 3.8) is 0 Å². The van der Waals surface area contributed by atoms with Crippen molar-refractivity contribution in [2.45, 2.75) is 0 Å². The van der Waals surface area contributed by atoms with E-state index in [9.17, 15) is 0 Å². The average Bonchev–Trinajstić information content (AvgIpc) is 3.90. The molecule has 0 amide bonds. The molecule has 8 nitrogen and oxygen atoms in total. The lowest BCUT2D eigenvalue weighted by Crippen LogP contribution is -2.06. The van der Waals surface area contributed by atoms with E-state index in [-0.39, 0.29) is 0 Å². The van der Waals surface area contributed by atoms with Gasteiger partial charge in [-0.3, -0.25) is 4.57 Å². The molecule has 12 aromatic rings. The highest BCUT2D eigenvalue weighted by Gasteiger charge is 2.22. The van der Waals surface area contributed by atoms with Crippen LogP contribution in [-0.2, 0) is 0 Å². The van der Waals surface area contributed by atoms with Gasteiger partial charge in [0.25, 0.3) is 0 Å². The van der Waals surface area contributed by atoms with Gasteiger partial charge in [0.05, 0.1) is 11.0 Å². The molecular formula is C54H33N7O. The fourth-order valence-corrected chi connectivity index (χ4v) is 8.48. The fourth-order valence-electron chi connectivity index (χ4n) is 8.48. The minimum absolute atomic E-state index is 0.523. The van der Waals surface area contributed by atoms with Crippen LogP contribution in [0.5, 0.6) is 0 Å². The molecule has 0 saturated carbocycles. The fraction of sp³-hybridized carbons (Fsp3) is 0. The monoisotopic (exact) mass is 795 g/mol. The zero-order chi connectivity index (χ0) is 41.0. The maximum absolute atomic E-state index is 6.53. The van der Waals surface area contributed by atoms with Crippen LogP contribution in [0.4, 0.5) is 0 Å². The third kappa shape index (κ3) is 6.00. The molecule has 8 heteroatoms. The van der Waals surface area contributed by atoms with Gasteiger partial charge in [-0.05, 0) is 47.5 Å². The second-order valence-electron chi connectivity index (χ2n) is 15.1. The molecule has 12 rings (SSSR count). The molecule has 0 spiro atoms. The first-order valence-electron chi connectivity index (χ1n) is 20.5. The van der Waals surface area contributed by atoms with E-state index in [1.807, 2.05) is 127 Å². The first-order valence-corrected chi connectivity index (χ1v) is 20.5. The van der Waals surface area contributed by atoms with E-state index in [4.69, 9.17) is 34.3 Å². The van der Waals surface area contributed by atoms with Gasteiger partial charge in [0, 0.05) is 49.4 Å². The highest BCUT2D eigenvalue weighted by atomic mass is 16.3. The summed E-state index contributed by atoms with van der Waals surface area (Å²) in [4.78, 5) is 30.7. The highest BCUT2D eigenvalue weighted by molar-refractivity contribution is 6.16. The molecule has 0 N–H and O–H groups in total. The summed E-state index contributed by atoms with van der Waals surface area (Å²) in [6, 6.07) is 67.6. The van der Waals surface area contributed by atoms with Crippen molar-refractivity contribution in [3.8, 4) is 74.0 Å². The molecular weight excluding hydrogens is 763 g/mol. The summed E-state index contributed by atoms with van der Waals surface area (Å²) in [7, 11) is 0. The van der Waals surface area contributed by atoms with Crippen molar-refractivity contribution in [2.24, 2.45) is 0 Å². The Kier molecular flexibility index (Phi) is 8.31. The molecule has 4 heterocycles. The summed E-state index contributed by atoms with van der Waals surface area (Å²) < 4.78 is 8.69. The predicted molar refractivity (Wildman–Crippen MR) is 247 cm³/mol. The average molecular weight is 796 g/mol. The second-order valence-corrected chi connectivity index (χ2v) is 15.1.